The van der Waals surface area contributed by atoms with Gasteiger partial charge in [-0.25, -0.2) is 4.98 Å². The number of nitrogens with zero attached hydrogens (tertiary/aromatic N) is 2. The Morgan fingerprint density at radius 1 is 1.44 bits per heavy atom. The van der Waals surface area contributed by atoms with Gasteiger partial charge in [-0.3, -0.25) is 0 Å². The second-order valence-electron chi connectivity index (χ2n) is 4.08. The minimum absolute atomic E-state index is 0.0418. The molecule has 0 saturated carbocycles. The van der Waals surface area contributed by atoms with Crippen molar-refractivity contribution in [3.8, 4) is 11.6 Å². The van der Waals surface area contributed by atoms with Crippen LogP contribution < -0.4 is 15.2 Å². The van der Waals surface area contributed by atoms with Gasteiger partial charge in [0.25, 0.3) is 0 Å². The summed E-state index contributed by atoms with van der Waals surface area (Å²) in [4.78, 5) is 6.24. The molecule has 0 aliphatic carbocycles. The van der Waals surface area contributed by atoms with Crippen LogP contribution in [0, 0.1) is 0 Å². The van der Waals surface area contributed by atoms with E-state index >= 15 is 0 Å². The van der Waals surface area contributed by atoms with Gasteiger partial charge in [-0.15, -0.1) is 0 Å². The summed E-state index contributed by atoms with van der Waals surface area (Å²) in [5, 5.41) is 0. The fraction of sp³-hybridized carbons (Fsp3) is 0.545. The van der Waals surface area contributed by atoms with Crippen LogP contribution in [0.15, 0.2) is 18.3 Å². The molecule has 1 aliphatic heterocycles. The van der Waals surface area contributed by atoms with Gasteiger partial charge in [0.15, 0.2) is 0 Å². The lowest BCUT2D eigenvalue weighted by Crippen LogP contribution is -2.37. The smallest absolute Gasteiger partial charge is 0.213 e. The maximum absolute atomic E-state index is 5.96. The van der Waals surface area contributed by atoms with Crippen LogP contribution in [0.1, 0.15) is 0 Å². The molecule has 1 saturated heterocycles. The molecule has 5 nitrogen and oxygen atoms in total. The number of aromatic nitrogens is 1. The molecule has 1 aromatic rings. The summed E-state index contributed by atoms with van der Waals surface area (Å²) in [5.41, 5.74) is 5.96. The first-order chi connectivity index (χ1) is 7.69. The van der Waals surface area contributed by atoms with Gasteiger partial charge >= 0.3 is 0 Å². The van der Waals surface area contributed by atoms with Crippen LogP contribution in [0.3, 0.4) is 0 Å². The Morgan fingerprint density at radius 3 is 2.75 bits per heavy atom. The Labute approximate surface area is 95.2 Å². The quantitative estimate of drug-likeness (QED) is 0.788. The van der Waals surface area contributed by atoms with Crippen molar-refractivity contribution in [1.82, 2.24) is 9.88 Å². The molecule has 1 aromatic heterocycles. The number of hydrogen-bond acceptors (Lipinski definition) is 5. The second kappa shape index (κ2) is 4.67. The molecule has 2 unspecified atom stereocenters. The topological polar surface area (TPSA) is 60.6 Å². The Kier molecular flexibility index (Phi) is 3.26. The van der Waals surface area contributed by atoms with E-state index in [1.165, 1.54) is 0 Å². The molecule has 0 radical (unpaired) electrons. The summed E-state index contributed by atoms with van der Waals surface area (Å²) < 4.78 is 10.8. The van der Waals surface area contributed by atoms with Gasteiger partial charge < -0.3 is 20.1 Å². The fourth-order valence-corrected chi connectivity index (χ4v) is 1.85. The van der Waals surface area contributed by atoms with Gasteiger partial charge in [-0.05, 0) is 13.1 Å². The van der Waals surface area contributed by atoms with E-state index in [2.05, 4.69) is 9.88 Å². The summed E-state index contributed by atoms with van der Waals surface area (Å²) in [6, 6.07) is 3.68. The van der Waals surface area contributed by atoms with E-state index in [0.717, 1.165) is 18.8 Å². The van der Waals surface area contributed by atoms with Gasteiger partial charge in [0.2, 0.25) is 5.88 Å². The second-order valence-corrected chi connectivity index (χ2v) is 4.08. The molecule has 88 valence electrons. The highest BCUT2D eigenvalue weighted by molar-refractivity contribution is 5.23. The van der Waals surface area contributed by atoms with Crippen LogP contribution in [0.5, 0.6) is 11.6 Å². The summed E-state index contributed by atoms with van der Waals surface area (Å²) >= 11 is 0. The SMILES string of the molecule is COc1ccc(OC2CN(C)CC2N)cn1. The predicted molar refractivity (Wildman–Crippen MR) is 60.7 cm³/mol. The lowest BCUT2D eigenvalue weighted by molar-refractivity contribution is 0.194. The summed E-state index contributed by atoms with van der Waals surface area (Å²) in [7, 11) is 3.63. The third-order valence-electron chi connectivity index (χ3n) is 2.70. The third-order valence-corrected chi connectivity index (χ3v) is 2.70. The standard InChI is InChI=1S/C11H17N3O2/c1-14-6-9(12)10(7-14)16-8-3-4-11(15-2)13-5-8/h3-5,9-10H,6-7,12H2,1-2H3. The van der Waals surface area contributed by atoms with E-state index in [0.29, 0.717) is 5.88 Å². The molecule has 1 fully saturated rings. The molecule has 1 aliphatic rings. The van der Waals surface area contributed by atoms with E-state index in [-0.39, 0.29) is 12.1 Å². The number of likely N-dealkylation sites (N-methyl/N-ethyl adjacent to an activating group) is 1. The van der Waals surface area contributed by atoms with Crippen LogP contribution >= 0.6 is 0 Å². The van der Waals surface area contributed by atoms with E-state index in [9.17, 15) is 0 Å². The molecule has 0 aromatic carbocycles. The van der Waals surface area contributed by atoms with Crippen molar-refractivity contribution in [2.75, 3.05) is 27.2 Å². The van der Waals surface area contributed by atoms with Crippen molar-refractivity contribution in [2.45, 2.75) is 12.1 Å². The number of rotatable bonds is 3. The molecular formula is C11H17N3O2. The first-order valence-corrected chi connectivity index (χ1v) is 5.30. The monoisotopic (exact) mass is 223 g/mol. The van der Waals surface area contributed by atoms with Crippen LogP contribution in [0.2, 0.25) is 0 Å². The molecule has 2 heterocycles. The highest BCUT2D eigenvalue weighted by atomic mass is 16.5. The summed E-state index contributed by atoms with van der Waals surface area (Å²) in [5.74, 6) is 1.32. The first-order valence-electron chi connectivity index (χ1n) is 5.30. The normalized spacial score (nSPS) is 25.7. The zero-order chi connectivity index (χ0) is 11.5. The van der Waals surface area contributed by atoms with Crippen molar-refractivity contribution >= 4 is 0 Å². The average Bonchev–Trinajstić information content (AvgIpc) is 2.59. The van der Waals surface area contributed by atoms with Crippen molar-refractivity contribution in [2.24, 2.45) is 5.73 Å². The lowest BCUT2D eigenvalue weighted by Gasteiger charge is -2.16. The minimum atomic E-state index is 0.0418. The van der Waals surface area contributed by atoms with Gasteiger partial charge in [0.1, 0.15) is 11.9 Å². The highest BCUT2D eigenvalue weighted by Gasteiger charge is 2.29. The predicted octanol–water partition coefficient (Wildman–Crippen LogP) is 0.110. The zero-order valence-corrected chi connectivity index (χ0v) is 9.59. The average molecular weight is 223 g/mol. The molecule has 5 heteroatoms. The molecule has 2 rings (SSSR count). The number of methoxy groups -OCH3 is 1. The molecule has 2 N–H and O–H groups in total. The maximum Gasteiger partial charge on any atom is 0.213 e. The molecule has 0 spiro atoms. The van der Waals surface area contributed by atoms with Crippen LogP contribution in [-0.2, 0) is 0 Å². The molecule has 2 atom stereocenters. The minimum Gasteiger partial charge on any atom is -0.486 e. The number of nitrogens with two attached hydrogens (primary N) is 1. The van der Waals surface area contributed by atoms with Crippen LogP contribution in [0.25, 0.3) is 0 Å². The number of hydrogen-bond donors (Lipinski definition) is 1. The summed E-state index contributed by atoms with van der Waals surface area (Å²) in [6.07, 6.45) is 1.70. The van der Waals surface area contributed by atoms with Crippen molar-refractivity contribution in [3.63, 3.8) is 0 Å². The number of pyridine rings is 1. The van der Waals surface area contributed by atoms with Gasteiger partial charge in [-0.2, -0.15) is 0 Å². The Hall–Kier alpha value is -1.33. The van der Waals surface area contributed by atoms with Gasteiger partial charge in [0.05, 0.1) is 19.3 Å². The van der Waals surface area contributed by atoms with Crippen molar-refractivity contribution < 1.29 is 9.47 Å². The Bertz CT molecular complexity index is 342. The third kappa shape index (κ3) is 2.43. The molecule has 0 bridgehead atoms. The largest absolute Gasteiger partial charge is 0.486 e. The lowest BCUT2D eigenvalue weighted by atomic mass is 10.2. The fourth-order valence-electron chi connectivity index (χ4n) is 1.85. The summed E-state index contributed by atoms with van der Waals surface area (Å²) in [6.45, 7) is 1.72. The zero-order valence-electron chi connectivity index (χ0n) is 9.59. The molecule has 0 amide bonds. The number of likely N-dealkylation sites (tertiary alicyclic amines) is 1. The van der Waals surface area contributed by atoms with Gasteiger partial charge in [0, 0.05) is 19.2 Å². The van der Waals surface area contributed by atoms with Gasteiger partial charge in [-0.1, -0.05) is 0 Å². The van der Waals surface area contributed by atoms with Crippen molar-refractivity contribution in [1.29, 1.82) is 0 Å². The first kappa shape index (κ1) is 11.2. The molecule has 16 heavy (non-hydrogen) atoms. The van der Waals surface area contributed by atoms with Crippen LogP contribution in [-0.4, -0.2) is 49.3 Å². The molecular weight excluding hydrogens is 206 g/mol. The number of ether oxygens (including phenoxy) is 2. The Morgan fingerprint density at radius 2 is 2.25 bits per heavy atom. The maximum atomic E-state index is 5.96. The van der Waals surface area contributed by atoms with E-state index in [1.54, 1.807) is 19.4 Å². The van der Waals surface area contributed by atoms with E-state index in [1.807, 2.05) is 13.1 Å². The van der Waals surface area contributed by atoms with E-state index in [4.69, 9.17) is 15.2 Å². The van der Waals surface area contributed by atoms with E-state index < -0.39 is 0 Å². The van der Waals surface area contributed by atoms with Crippen LogP contribution in [0.4, 0.5) is 0 Å². The highest BCUT2D eigenvalue weighted by Crippen LogP contribution is 2.18. The van der Waals surface area contributed by atoms with Crippen molar-refractivity contribution in [3.05, 3.63) is 18.3 Å². The Balaban J connectivity index is 1.98.